The molecule has 13 heavy (non-hydrogen) atoms. The predicted octanol–water partition coefficient (Wildman–Crippen LogP) is 2.90. The van der Waals surface area contributed by atoms with Gasteiger partial charge in [-0.1, -0.05) is 12.2 Å². The highest BCUT2D eigenvalue weighted by molar-refractivity contribution is 6.39. The number of hydrogen-bond acceptors (Lipinski definition) is 2. The Morgan fingerprint density at radius 3 is 2.62 bits per heavy atom. The maximum absolute atomic E-state index is 4.41. The Labute approximate surface area is 79.1 Å². The van der Waals surface area contributed by atoms with Gasteiger partial charge in [-0.05, 0) is 32.4 Å². The molecule has 0 fully saturated rings. The van der Waals surface area contributed by atoms with Crippen LogP contribution >= 0.6 is 0 Å². The minimum absolute atomic E-state index is 0.848. The fourth-order valence-corrected chi connectivity index (χ4v) is 0.808. The van der Waals surface area contributed by atoms with E-state index in [1.807, 2.05) is 26.8 Å². The quantitative estimate of drug-likeness (QED) is 0.584. The standard InChI is InChI=1S/C11H14N2/c1-8(2)10(4)13-11-7-12-6-5-9(11)3/h5-7H,3H2,1-2,4H3. The molecule has 0 amide bonds. The van der Waals surface area contributed by atoms with E-state index in [1.54, 1.807) is 12.4 Å². The lowest BCUT2D eigenvalue weighted by molar-refractivity contribution is 1.19. The van der Waals surface area contributed by atoms with Crippen LogP contribution in [-0.2, 0) is 0 Å². The van der Waals surface area contributed by atoms with Crippen molar-refractivity contribution in [3.8, 4) is 0 Å². The van der Waals surface area contributed by atoms with Gasteiger partial charge < -0.3 is 0 Å². The summed E-state index contributed by atoms with van der Waals surface area (Å²) in [6, 6.07) is 0. The highest BCUT2D eigenvalue weighted by atomic mass is 14.8. The van der Waals surface area contributed by atoms with Crippen molar-refractivity contribution in [2.24, 2.45) is 9.98 Å². The molecule has 1 heterocycles. The first-order chi connectivity index (χ1) is 6.11. The molecule has 0 atom stereocenters. The molecular weight excluding hydrogens is 160 g/mol. The molecule has 0 saturated carbocycles. The lowest BCUT2D eigenvalue weighted by Crippen LogP contribution is -2.04. The van der Waals surface area contributed by atoms with Crippen molar-refractivity contribution in [2.75, 3.05) is 0 Å². The molecule has 0 unspecified atom stereocenters. The zero-order valence-electron chi connectivity index (χ0n) is 8.33. The summed E-state index contributed by atoms with van der Waals surface area (Å²) in [7, 11) is 0. The molecule has 0 bridgehead atoms. The van der Waals surface area contributed by atoms with Gasteiger partial charge in [0.15, 0.2) is 0 Å². The van der Waals surface area contributed by atoms with Gasteiger partial charge in [-0.15, -0.1) is 0 Å². The van der Waals surface area contributed by atoms with Gasteiger partial charge in [0, 0.05) is 11.9 Å². The van der Waals surface area contributed by atoms with Crippen molar-refractivity contribution in [1.82, 2.24) is 0 Å². The van der Waals surface area contributed by atoms with Crippen LogP contribution in [0.4, 0.5) is 0 Å². The van der Waals surface area contributed by atoms with Gasteiger partial charge in [0.1, 0.15) is 0 Å². The predicted molar refractivity (Wildman–Crippen MR) is 58.3 cm³/mol. The summed E-state index contributed by atoms with van der Waals surface area (Å²) in [5, 5.41) is 0. The van der Waals surface area contributed by atoms with Crippen molar-refractivity contribution in [3.63, 3.8) is 0 Å². The van der Waals surface area contributed by atoms with Gasteiger partial charge in [0.2, 0.25) is 0 Å². The number of hydrogen-bond donors (Lipinski definition) is 0. The Morgan fingerprint density at radius 1 is 1.38 bits per heavy atom. The summed E-state index contributed by atoms with van der Waals surface area (Å²) >= 11 is 0. The lowest BCUT2D eigenvalue weighted by Gasteiger charge is -2.04. The second kappa shape index (κ2) is 3.99. The van der Waals surface area contributed by atoms with Gasteiger partial charge in [0.25, 0.3) is 0 Å². The van der Waals surface area contributed by atoms with Gasteiger partial charge >= 0.3 is 0 Å². The molecule has 0 saturated heterocycles. The average Bonchev–Trinajstić information content (AvgIpc) is 2.08. The van der Waals surface area contributed by atoms with Crippen LogP contribution in [0.1, 0.15) is 20.8 Å². The monoisotopic (exact) mass is 174 g/mol. The van der Waals surface area contributed by atoms with Crippen LogP contribution < -0.4 is 0 Å². The minimum Gasteiger partial charge on any atom is -0.262 e. The molecule has 0 aliphatic carbocycles. The van der Waals surface area contributed by atoms with E-state index in [0.717, 1.165) is 17.0 Å². The van der Waals surface area contributed by atoms with Crippen LogP contribution in [0.15, 0.2) is 45.7 Å². The smallest absolute Gasteiger partial charge is 0.0882 e. The summed E-state index contributed by atoms with van der Waals surface area (Å²) < 4.78 is 0. The van der Waals surface area contributed by atoms with E-state index in [9.17, 15) is 0 Å². The largest absolute Gasteiger partial charge is 0.262 e. The maximum atomic E-state index is 4.41. The molecule has 1 aliphatic heterocycles. The van der Waals surface area contributed by atoms with Crippen LogP contribution in [-0.4, -0.2) is 11.9 Å². The summed E-state index contributed by atoms with van der Waals surface area (Å²) in [6.45, 7) is 9.94. The average molecular weight is 174 g/mol. The topological polar surface area (TPSA) is 24.7 Å². The third-order valence-corrected chi connectivity index (χ3v) is 1.90. The molecule has 68 valence electrons. The number of nitrogens with zero attached hydrogens (tertiary/aromatic N) is 2. The molecule has 1 rings (SSSR count). The molecule has 0 spiro atoms. The fourth-order valence-electron chi connectivity index (χ4n) is 0.808. The molecule has 0 aromatic rings. The Morgan fingerprint density at radius 2 is 2.08 bits per heavy atom. The van der Waals surface area contributed by atoms with E-state index in [-0.39, 0.29) is 0 Å². The van der Waals surface area contributed by atoms with Crippen molar-refractivity contribution in [1.29, 1.82) is 0 Å². The molecular formula is C11H14N2. The summed E-state index contributed by atoms with van der Waals surface area (Å²) in [4.78, 5) is 8.41. The second-order valence-corrected chi connectivity index (χ2v) is 3.20. The minimum atomic E-state index is 0.848. The van der Waals surface area contributed by atoms with E-state index < -0.39 is 0 Å². The summed E-state index contributed by atoms with van der Waals surface area (Å²) in [5.74, 6) is 0. The van der Waals surface area contributed by atoms with Crippen molar-refractivity contribution >= 4 is 11.9 Å². The van der Waals surface area contributed by atoms with Crippen molar-refractivity contribution in [3.05, 3.63) is 35.7 Å². The fraction of sp³-hybridized carbons (Fsp3) is 0.273. The van der Waals surface area contributed by atoms with Crippen LogP contribution in [0.25, 0.3) is 0 Å². The highest BCUT2D eigenvalue weighted by Crippen LogP contribution is 2.08. The van der Waals surface area contributed by atoms with E-state index in [2.05, 4.69) is 16.6 Å². The Hall–Kier alpha value is -1.44. The van der Waals surface area contributed by atoms with Crippen LogP contribution in [0, 0.1) is 0 Å². The van der Waals surface area contributed by atoms with E-state index >= 15 is 0 Å². The van der Waals surface area contributed by atoms with Gasteiger partial charge in [-0.2, -0.15) is 0 Å². The third-order valence-electron chi connectivity index (χ3n) is 1.90. The Bertz CT molecular complexity index is 337. The van der Waals surface area contributed by atoms with E-state index in [0.29, 0.717) is 0 Å². The van der Waals surface area contributed by atoms with E-state index in [1.165, 1.54) is 5.57 Å². The first-order valence-electron chi connectivity index (χ1n) is 4.23. The molecule has 2 heteroatoms. The first-order valence-corrected chi connectivity index (χ1v) is 4.23. The number of aliphatic imine (C=N–C) groups is 2. The molecule has 0 aromatic heterocycles. The Balaban J connectivity index is 2.96. The SMILES string of the molecule is C=C1C=CN=CC1=NC(C)=C(C)C. The summed E-state index contributed by atoms with van der Waals surface area (Å²) in [6.07, 6.45) is 5.31. The van der Waals surface area contributed by atoms with E-state index in [4.69, 9.17) is 0 Å². The van der Waals surface area contributed by atoms with Gasteiger partial charge in [-0.25, -0.2) is 0 Å². The maximum Gasteiger partial charge on any atom is 0.0882 e. The van der Waals surface area contributed by atoms with Gasteiger partial charge in [-0.3, -0.25) is 9.98 Å². The summed E-state index contributed by atoms with van der Waals surface area (Å²) in [5.41, 5.74) is 4.00. The van der Waals surface area contributed by atoms with Gasteiger partial charge in [0.05, 0.1) is 11.9 Å². The third kappa shape index (κ3) is 2.51. The normalized spacial score (nSPS) is 18.1. The van der Waals surface area contributed by atoms with Crippen LogP contribution in [0.3, 0.4) is 0 Å². The Kier molecular flexibility index (Phi) is 2.96. The van der Waals surface area contributed by atoms with Crippen molar-refractivity contribution in [2.45, 2.75) is 20.8 Å². The lowest BCUT2D eigenvalue weighted by atomic mass is 10.1. The van der Waals surface area contributed by atoms with Crippen LogP contribution in [0.2, 0.25) is 0 Å². The zero-order valence-corrected chi connectivity index (χ0v) is 8.33. The number of allylic oxidation sites excluding steroid dienone is 4. The molecule has 0 aromatic carbocycles. The molecule has 0 N–H and O–H groups in total. The second-order valence-electron chi connectivity index (χ2n) is 3.20. The number of rotatable bonds is 1. The zero-order chi connectivity index (χ0) is 9.84. The molecule has 0 radical (unpaired) electrons. The molecule has 2 nitrogen and oxygen atoms in total. The first kappa shape index (κ1) is 9.65. The highest BCUT2D eigenvalue weighted by Gasteiger charge is 2.02. The molecule has 1 aliphatic rings. The van der Waals surface area contributed by atoms with Crippen molar-refractivity contribution < 1.29 is 0 Å². The van der Waals surface area contributed by atoms with Crippen LogP contribution in [0.5, 0.6) is 0 Å².